The van der Waals surface area contributed by atoms with Gasteiger partial charge >= 0.3 is 11.9 Å². The number of esters is 2. The van der Waals surface area contributed by atoms with Crippen molar-refractivity contribution in [1.29, 1.82) is 0 Å². The lowest BCUT2D eigenvalue weighted by Crippen LogP contribution is -2.44. The molecule has 0 heterocycles. The van der Waals surface area contributed by atoms with E-state index in [1.807, 2.05) is 21.1 Å². The summed E-state index contributed by atoms with van der Waals surface area (Å²) in [4.78, 5) is 37.3. The van der Waals surface area contributed by atoms with Crippen molar-refractivity contribution in [2.24, 2.45) is 0 Å². The molecule has 432 valence electrons. The molecule has 0 aromatic carbocycles. The van der Waals surface area contributed by atoms with E-state index < -0.39 is 24.3 Å². The minimum absolute atomic E-state index is 0.128. The predicted octanol–water partition coefficient (Wildman–Crippen LogP) is 16.4. The number of hydrogen-bond acceptors (Lipinski definition) is 8. The molecule has 0 aromatic rings. The number of carboxylic acid groups (broad SMARTS) is 1. The van der Waals surface area contributed by atoms with Gasteiger partial charge in [-0.05, 0) is 122 Å². The molecule has 0 radical (unpaired) electrons. The zero-order valence-electron chi connectivity index (χ0n) is 49.0. The van der Waals surface area contributed by atoms with Crippen LogP contribution in [0.1, 0.15) is 194 Å². The smallest absolute Gasteiger partial charge is 0.306 e. The first kappa shape index (κ1) is 71.9. The fourth-order valence-electron chi connectivity index (χ4n) is 7.28. The lowest BCUT2D eigenvalue weighted by Gasteiger charge is -2.26. The molecule has 9 nitrogen and oxygen atoms in total. The summed E-state index contributed by atoms with van der Waals surface area (Å²) in [6.07, 6.45) is 81.5. The van der Waals surface area contributed by atoms with Gasteiger partial charge in [0.05, 0.1) is 40.3 Å². The summed E-state index contributed by atoms with van der Waals surface area (Å²) >= 11 is 0. The number of carboxylic acids is 1. The molecule has 2 atom stereocenters. The van der Waals surface area contributed by atoms with E-state index in [2.05, 4.69) is 172 Å². The number of carbonyl (C=O) groups is 3. The van der Waals surface area contributed by atoms with E-state index in [-0.39, 0.29) is 38.6 Å². The highest BCUT2D eigenvalue weighted by Gasteiger charge is 2.22. The van der Waals surface area contributed by atoms with Crippen LogP contribution in [-0.2, 0) is 33.3 Å². The quantitative estimate of drug-likeness (QED) is 0.0195. The Morgan fingerprint density at radius 3 is 1.06 bits per heavy atom. The zero-order chi connectivity index (χ0) is 56.2. The molecule has 77 heavy (non-hydrogen) atoms. The molecule has 2 unspecified atom stereocenters. The van der Waals surface area contributed by atoms with Crippen LogP contribution in [0.3, 0.4) is 0 Å². The first-order valence-corrected chi connectivity index (χ1v) is 29.6. The number of allylic oxidation sites excluding steroid dienone is 26. The second-order valence-electron chi connectivity index (χ2n) is 20.2. The SMILES string of the molecule is CC/C=C\C/C=C\C/C=C\C/C=C\C/C=C\C/C=C\C/C=C\C/C=C\CCCCC(=O)OC(COC(=O)CCCCCCCCCCC/C=C\C/C=C\C/C=C\C/C=C\C/C=C\CC)COC(OCC[N+](C)(C)C)C(=O)[O-]. The van der Waals surface area contributed by atoms with E-state index in [0.29, 0.717) is 17.4 Å². The van der Waals surface area contributed by atoms with E-state index in [1.165, 1.54) is 32.1 Å². The standard InChI is InChI=1S/C68H107NO8/c1-6-8-10-12-14-16-18-20-22-24-26-28-30-32-33-35-37-39-41-43-45-47-49-51-53-55-57-59-66(71)77-64(63-76-68(67(72)73)74-61-60-69(3,4)5)62-75-65(70)58-56-54-52-50-48-46-44-42-40-38-36-34-31-29-27-25-23-21-19-17-15-13-11-9-7-2/h8-11,14-17,20-23,26-29,32-34,36-37,39,43,45,49,51,64,68H,6-7,12-13,18-19,24-25,30-31,35,38,40-42,44,46-48,50,52-63H2,1-5H3/b10-8-,11-9-,16-14-,17-15-,22-20-,23-21-,28-26-,29-27-,33-32-,36-34-,39-37-,45-43-,51-49-. The van der Waals surface area contributed by atoms with Gasteiger partial charge in [0.25, 0.3) is 0 Å². The van der Waals surface area contributed by atoms with Crippen molar-refractivity contribution in [2.75, 3.05) is 47.5 Å². The minimum Gasteiger partial charge on any atom is -0.545 e. The summed E-state index contributed by atoms with van der Waals surface area (Å²) in [5.74, 6) is -2.37. The van der Waals surface area contributed by atoms with Crippen molar-refractivity contribution in [1.82, 2.24) is 0 Å². The molecular weight excluding hydrogens is 959 g/mol. The molecule has 9 heteroatoms. The first-order chi connectivity index (χ1) is 37.6. The number of aliphatic carboxylic acids is 1. The maximum Gasteiger partial charge on any atom is 0.306 e. The highest BCUT2D eigenvalue weighted by molar-refractivity contribution is 5.70. The molecule has 0 aliphatic heterocycles. The number of nitrogens with zero attached hydrogens (tertiary/aromatic N) is 1. The van der Waals surface area contributed by atoms with Gasteiger partial charge in [0.1, 0.15) is 13.2 Å². The molecule has 0 N–H and O–H groups in total. The molecular formula is C68H107NO8. The van der Waals surface area contributed by atoms with Gasteiger partial charge < -0.3 is 33.3 Å². The Kier molecular flexibility index (Phi) is 53.3. The van der Waals surface area contributed by atoms with Crippen LogP contribution in [0, 0.1) is 0 Å². The van der Waals surface area contributed by atoms with Crippen LogP contribution in [0.25, 0.3) is 0 Å². The van der Waals surface area contributed by atoms with Crippen molar-refractivity contribution < 1.29 is 42.9 Å². The summed E-state index contributed by atoms with van der Waals surface area (Å²) in [5, 5.41) is 11.8. The summed E-state index contributed by atoms with van der Waals surface area (Å²) in [6.45, 7) is 4.43. The third-order valence-corrected chi connectivity index (χ3v) is 11.8. The number of carbonyl (C=O) groups excluding carboxylic acids is 3. The molecule has 0 aliphatic rings. The van der Waals surface area contributed by atoms with Gasteiger partial charge in [0.2, 0.25) is 0 Å². The van der Waals surface area contributed by atoms with Gasteiger partial charge in [0, 0.05) is 12.8 Å². The van der Waals surface area contributed by atoms with E-state index in [9.17, 15) is 19.5 Å². The van der Waals surface area contributed by atoms with Gasteiger partial charge in [-0.2, -0.15) is 0 Å². The fraction of sp³-hybridized carbons (Fsp3) is 0.574. The number of unbranched alkanes of at least 4 members (excludes halogenated alkanes) is 11. The fourth-order valence-corrected chi connectivity index (χ4v) is 7.28. The molecule has 0 bridgehead atoms. The van der Waals surface area contributed by atoms with Crippen LogP contribution in [0.2, 0.25) is 0 Å². The third-order valence-electron chi connectivity index (χ3n) is 11.8. The van der Waals surface area contributed by atoms with Crippen molar-refractivity contribution in [3.63, 3.8) is 0 Å². The summed E-state index contributed by atoms with van der Waals surface area (Å²) < 4.78 is 22.6. The van der Waals surface area contributed by atoms with Crippen LogP contribution in [0.4, 0.5) is 0 Å². The van der Waals surface area contributed by atoms with Crippen LogP contribution in [-0.4, -0.2) is 82.3 Å². The second-order valence-corrected chi connectivity index (χ2v) is 20.2. The Bertz CT molecular complexity index is 1810. The van der Waals surface area contributed by atoms with Gasteiger partial charge in [-0.1, -0.05) is 217 Å². The largest absolute Gasteiger partial charge is 0.545 e. The van der Waals surface area contributed by atoms with Crippen molar-refractivity contribution in [2.45, 2.75) is 206 Å². The first-order valence-electron chi connectivity index (χ1n) is 29.6. The molecule has 0 rings (SSSR count). The van der Waals surface area contributed by atoms with Crippen LogP contribution in [0.15, 0.2) is 158 Å². The summed E-state index contributed by atoms with van der Waals surface area (Å²) in [7, 11) is 5.89. The number of quaternary nitrogens is 1. The molecule has 0 fully saturated rings. The van der Waals surface area contributed by atoms with Gasteiger partial charge in [0.15, 0.2) is 12.4 Å². The monoisotopic (exact) mass is 1070 g/mol. The number of likely N-dealkylation sites (N-methyl/N-ethyl adjacent to an activating group) is 1. The number of rotatable bonds is 52. The molecule has 0 aromatic heterocycles. The predicted molar refractivity (Wildman–Crippen MR) is 324 cm³/mol. The molecule has 0 spiro atoms. The average molecular weight is 1070 g/mol. The molecule has 0 saturated carbocycles. The average Bonchev–Trinajstić information content (AvgIpc) is 3.40. The number of hydrogen-bond donors (Lipinski definition) is 0. The molecule has 0 amide bonds. The minimum atomic E-state index is -1.65. The van der Waals surface area contributed by atoms with Gasteiger partial charge in [-0.15, -0.1) is 0 Å². The second kappa shape index (κ2) is 57.1. The Balaban J connectivity index is 4.39. The Morgan fingerprint density at radius 2 is 0.701 bits per heavy atom. The van der Waals surface area contributed by atoms with Crippen LogP contribution >= 0.6 is 0 Å². The third kappa shape index (κ3) is 58.4. The Morgan fingerprint density at radius 1 is 0.390 bits per heavy atom. The zero-order valence-corrected chi connectivity index (χ0v) is 49.0. The van der Waals surface area contributed by atoms with Crippen molar-refractivity contribution in [3.05, 3.63) is 158 Å². The summed E-state index contributed by atoms with van der Waals surface area (Å²) in [6, 6.07) is 0. The normalized spacial score (nSPS) is 13.9. The maximum atomic E-state index is 12.9. The maximum absolute atomic E-state index is 12.9. The van der Waals surface area contributed by atoms with Gasteiger partial charge in [-0.25, -0.2) is 0 Å². The van der Waals surface area contributed by atoms with E-state index in [4.69, 9.17) is 18.9 Å². The van der Waals surface area contributed by atoms with Gasteiger partial charge in [-0.3, -0.25) is 9.59 Å². The van der Waals surface area contributed by atoms with Crippen LogP contribution < -0.4 is 5.11 Å². The van der Waals surface area contributed by atoms with E-state index in [1.54, 1.807) is 0 Å². The van der Waals surface area contributed by atoms with Crippen LogP contribution in [0.5, 0.6) is 0 Å². The molecule has 0 saturated heterocycles. The van der Waals surface area contributed by atoms with E-state index >= 15 is 0 Å². The Hall–Kier alpha value is -5.09. The lowest BCUT2D eigenvalue weighted by atomic mass is 10.1. The van der Waals surface area contributed by atoms with E-state index in [0.717, 1.165) is 128 Å². The topological polar surface area (TPSA) is 111 Å². The van der Waals surface area contributed by atoms with Crippen molar-refractivity contribution >= 4 is 17.9 Å². The lowest BCUT2D eigenvalue weighted by molar-refractivity contribution is -0.870. The highest BCUT2D eigenvalue weighted by atomic mass is 16.7. The molecule has 0 aliphatic carbocycles. The Labute approximate surface area is 470 Å². The number of ether oxygens (including phenoxy) is 4. The summed E-state index contributed by atoms with van der Waals surface area (Å²) in [5.41, 5.74) is 0. The highest BCUT2D eigenvalue weighted by Crippen LogP contribution is 2.13. The van der Waals surface area contributed by atoms with Crippen molar-refractivity contribution in [3.8, 4) is 0 Å².